The van der Waals surface area contributed by atoms with Crippen molar-refractivity contribution in [3.05, 3.63) is 323 Å². The molecule has 0 radical (unpaired) electrons. The summed E-state index contributed by atoms with van der Waals surface area (Å²) in [6.07, 6.45) is 17.8. The first-order chi connectivity index (χ1) is 53.0. The summed E-state index contributed by atoms with van der Waals surface area (Å²) < 4.78 is 0. The van der Waals surface area contributed by atoms with E-state index >= 15 is 0 Å². The molecule has 0 nitrogen and oxygen atoms in total. The molecule has 0 unspecified atom stereocenters. The topological polar surface area (TPSA) is 0 Å². The third-order valence-electron chi connectivity index (χ3n) is 27.5. The summed E-state index contributed by atoms with van der Waals surface area (Å²) in [4.78, 5) is 0. The van der Waals surface area contributed by atoms with E-state index in [0.29, 0.717) is 0 Å². The smallest absolute Gasteiger partial charge is 0.0215 e. The summed E-state index contributed by atoms with van der Waals surface area (Å²) >= 11 is 0. The molecular formula is C109H102. The molecule has 109 heavy (non-hydrogen) atoms. The van der Waals surface area contributed by atoms with Gasteiger partial charge in [-0.2, -0.15) is 0 Å². The van der Waals surface area contributed by atoms with Gasteiger partial charge in [0, 0.05) is 27.1 Å². The van der Waals surface area contributed by atoms with Crippen molar-refractivity contribution in [3.63, 3.8) is 0 Å². The predicted octanol–water partition coefficient (Wildman–Crippen LogP) is 31.0. The third-order valence-corrected chi connectivity index (χ3v) is 27.5. The van der Waals surface area contributed by atoms with E-state index in [9.17, 15) is 0 Å². The number of hydrogen-bond donors (Lipinski definition) is 0. The Bertz CT molecular complexity index is 5590. The van der Waals surface area contributed by atoms with Crippen LogP contribution in [-0.2, 0) is 27.1 Å². The average Bonchev–Trinajstić information content (AvgIpc) is 1.51. The molecule has 0 heterocycles. The molecule has 0 N–H and O–H groups in total. The van der Waals surface area contributed by atoms with Crippen molar-refractivity contribution >= 4 is 21.5 Å². The fourth-order valence-electron chi connectivity index (χ4n) is 21.3. The Morgan fingerprint density at radius 2 is 0.440 bits per heavy atom. The van der Waals surface area contributed by atoms with Crippen LogP contribution in [0.15, 0.2) is 267 Å². The monoisotopic (exact) mass is 1410 g/mol. The second-order valence-corrected chi connectivity index (χ2v) is 35.2. The lowest BCUT2D eigenvalue weighted by molar-refractivity contribution is 0.398. The summed E-state index contributed by atoms with van der Waals surface area (Å²) in [7, 11) is 0. The number of unbranched alkanes of at least 4 members (excludes halogenated alkanes) is 10. The number of rotatable bonds is 20. The quantitative estimate of drug-likeness (QED) is 0.0667. The van der Waals surface area contributed by atoms with E-state index in [0.717, 1.165) is 0 Å². The molecule has 5 aliphatic carbocycles. The Labute approximate surface area is 648 Å². The molecule has 0 saturated heterocycles. The summed E-state index contributed by atoms with van der Waals surface area (Å²) in [6.45, 7) is 24.7. The first-order valence-corrected chi connectivity index (χ1v) is 41.4. The van der Waals surface area contributed by atoms with E-state index in [-0.39, 0.29) is 27.1 Å². The molecule has 0 saturated carbocycles. The Kier molecular flexibility index (Phi) is 16.8. The summed E-state index contributed by atoms with van der Waals surface area (Å²) in [5.74, 6) is 0. The second-order valence-electron chi connectivity index (χ2n) is 35.2. The van der Waals surface area contributed by atoms with E-state index in [1.54, 1.807) is 11.1 Å². The van der Waals surface area contributed by atoms with Crippen LogP contribution in [0.4, 0.5) is 0 Å². The molecule has 0 bridgehead atoms. The standard InChI is InChI=1S/C109H102/c1-11-13-15-17-19-31-57-109(58-32-20-18-16-14-12-2)99-67-91-97(107(7,8)101-63-87(79-37-27-29-39-85(79)103(91)101)77-51-55-83-81-53-49-75(59-93(81)105(3,4)95(83)61-77)73-45-41-71(42-46-73)69-33-23-21-24-34-69)65-89(99)90-66-98-92(68-100(90)109)104-86-40-30-28-38-80(86)88(64-102(104)108(98,9)10)78-52-56-84-82-54-50-76(60-94(82)106(5,6)96(84)62-78)74-47-43-72(44-48-74)70-35-25-22-26-36-70/h21-30,33-56,59-68H,11-20,31-32,57-58H2,1-10H3. The molecule has 19 rings (SSSR count). The van der Waals surface area contributed by atoms with Crippen LogP contribution >= 0.6 is 0 Å². The fourth-order valence-corrected chi connectivity index (χ4v) is 21.3. The van der Waals surface area contributed by atoms with Crippen LogP contribution in [0.2, 0.25) is 0 Å². The third kappa shape index (κ3) is 10.9. The Morgan fingerprint density at radius 1 is 0.183 bits per heavy atom. The molecule has 5 aliphatic rings. The summed E-state index contributed by atoms with van der Waals surface area (Å²) in [5.41, 5.74) is 43.0. The van der Waals surface area contributed by atoms with Gasteiger partial charge in [-0.25, -0.2) is 0 Å². The zero-order valence-corrected chi connectivity index (χ0v) is 65.8. The van der Waals surface area contributed by atoms with Gasteiger partial charge in [0.15, 0.2) is 0 Å². The Balaban J connectivity index is 0.711. The molecule has 538 valence electrons. The maximum atomic E-state index is 2.81. The van der Waals surface area contributed by atoms with Gasteiger partial charge < -0.3 is 0 Å². The van der Waals surface area contributed by atoms with E-state index in [4.69, 9.17) is 0 Å². The van der Waals surface area contributed by atoms with Crippen molar-refractivity contribution in [2.75, 3.05) is 0 Å². The number of fused-ring (bicyclic) bond motifs is 19. The van der Waals surface area contributed by atoms with E-state index in [1.807, 2.05) is 0 Å². The van der Waals surface area contributed by atoms with Gasteiger partial charge in [-0.3, -0.25) is 0 Å². The van der Waals surface area contributed by atoms with Gasteiger partial charge in [0.2, 0.25) is 0 Å². The average molecular weight is 1410 g/mol. The Hall–Kier alpha value is -10.4. The highest BCUT2D eigenvalue weighted by Gasteiger charge is 2.49. The van der Waals surface area contributed by atoms with Crippen LogP contribution in [0.3, 0.4) is 0 Å². The van der Waals surface area contributed by atoms with Gasteiger partial charge in [-0.05, 0) is 273 Å². The normalized spacial score (nSPS) is 15.4. The molecule has 14 aromatic rings. The minimum absolute atomic E-state index is 0.138. The maximum absolute atomic E-state index is 2.81. The summed E-state index contributed by atoms with van der Waals surface area (Å²) in [5, 5.41) is 5.41. The first-order valence-electron chi connectivity index (χ1n) is 41.4. The van der Waals surface area contributed by atoms with Crippen molar-refractivity contribution in [1.82, 2.24) is 0 Å². The van der Waals surface area contributed by atoms with Gasteiger partial charge in [0.1, 0.15) is 0 Å². The highest BCUT2D eigenvalue weighted by Crippen LogP contribution is 2.65. The largest absolute Gasteiger partial charge is 0.0654 e. The van der Waals surface area contributed by atoms with Gasteiger partial charge in [-0.1, -0.05) is 353 Å². The number of benzene rings is 14. The SMILES string of the molecule is CCCCCCCCC1(CCCCCCCC)c2cc3c(cc2-c2cc4c(cc21)-c1c(cc(-c2ccc5c(c2)C(C)(C)c2cc(-c6ccc(-c7ccccc7)cc6)ccc2-5)c2ccccc12)C4(C)C)C(C)(C)c1cc(-c2ccc4c(c2)C(C)(C)c2cc(-c5ccc(-c6ccccc6)cc5)ccc2-4)c2ccccc2c1-3. The minimum atomic E-state index is -0.264. The first kappa shape index (κ1) is 69.1. The molecule has 0 spiro atoms. The van der Waals surface area contributed by atoms with Crippen molar-refractivity contribution in [2.24, 2.45) is 0 Å². The minimum Gasteiger partial charge on any atom is -0.0654 e. The van der Waals surface area contributed by atoms with Crippen LogP contribution in [-0.4, -0.2) is 0 Å². The second kappa shape index (κ2) is 26.4. The van der Waals surface area contributed by atoms with Gasteiger partial charge >= 0.3 is 0 Å². The van der Waals surface area contributed by atoms with Crippen molar-refractivity contribution in [3.8, 4) is 122 Å². The molecule has 0 fully saturated rings. The van der Waals surface area contributed by atoms with Crippen LogP contribution in [0.1, 0.15) is 215 Å². The van der Waals surface area contributed by atoms with Gasteiger partial charge in [-0.15, -0.1) is 0 Å². The van der Waals surface area contributed by atoms with E-state index in [2.05, 4.69) is 336 Å². The number of hydrogen-bond acceptors (Lipinski definition) is 0. The van der Waals surface area contributed by atoms with Crippen molar-refractivity contribution in [1.29, 1.82) is 0 Å². The molecule has 0 atom stereocenters. The molecule has 0 amide bonds. The van der Waals surface area contributed by atoms with E-state index in [1.165, 1.54) is 278 Å². The van der Waals surface area contributed by atoms with Crippen LogP contribution < -0.4 is 0 Å². The molecular weight excluding hydrogens is 1310 g/mol. The predicted molar refractivity (Wildman–Crippen MR) is 467 cm³/mol. The molecule has 0 aromatic heterocycles. The lowest BCUT2D eigenvalue weighted by atomic mass is 9.69. The molecule has 0 heteroatoms. The van der Waals surface area contributed by atoms with Crippen LogP contribution in [0.25, 0.3) is 144 Å². The molecule has 14 aromatic carbocycles. The zero-order valence-electron chi connectivity index (χ0n) is 65.8. The van der Waals surface area contributed by atoms with Gasteiger partial charge in [0.05, 0.1) is 0 Å². The highest BCUT2D eigenvalue weighted by atomic mass is 14.5. The lowest BCUT2D eigenvalue weighted by Gasteiger charge is -2.34. The zero-order chi connectivity index (χ0) is 74.3. The molecule has 0 aliphatic heterocycles. The fraction of sp³-hybridized carbons (Fsp3) is 0.266. The lowest BCUT2D eigenvalue weighted by Crippen LogP contribution is -2.26. The van der Waals surface area contributed by atoms with Crippen LogP contribution in [0.5, 0.6) is 0 Å². The van der Waals surface area contributed by atoms with Crippen molar-refractivity contribution < 1.29 is 0 Å². The van der Waals surface area contributed by atoms with E-state index < -0.39 is 0 Å². The van der Waals surface area contributed by atoms with Crippen molar-refractivity contribution in [2.45, 2.75) is 186 Å². The highest BCUT2D eigenvalue weighted by molar-refractivity contribution is 6.12. The maximum Gasteiger partial charge on any atom is 0.0215 e. The van der Waals surface area contributed by atoms with Crippen LogP contribution in [0, 0.1) is 0 Å². The summed E-state index contributed by atoms with van der Waals surface area (Å²) in [6, 6.07) is 104. The van der Waals surface area contributed by atoms with Gasteiger partial charge in [0.25, 0.3) is 0 Å². The Morgan fingerprint density at radius 3 is 0.807 bits per heavy atom.